The number of carbonyl (C=O) groups is 1. The summed E-state index contributed by atoms with van der Waals surface area (Å²) in [6.07, 6.45) is 3.13. The highest BCUT2D eigenvalue weighted by molar-refractivity contribution is 6.05. The number of hydrogen-bond donors (Lipinski definition) is 3. The molecule has 228 valence electrons. The zero-order valence-corrected chi connectivity index (χ0v) is 25.8. The Hall–Kier alpha value is -5.47. The van der Waals surface area contributed by atoms with Crippen molar-refractivity contribution in [2.75, 3.05) is 43.6 Å². The topological polar surface area (TPSA) is 95.3 Å². The summed E-state index contributed by atoms with van der Waals surface area (Å²) < 4.78 is 6.27. The van der Waals surface area contributed by atoms with Gasteiger partial charge in [0.15, 0.2) is 0 Å². The third-order valence-corrected chi connectivity index (χ3v) is 7.19. The Balaban J connectivity index is 0.000000259. The lowest BCUT2D eigenvalue weighted by atomic mass is 9.99. The van der Waals surface area contributed by atoms with Gasteiger partial charge in [-0.25, -0.2) is 9.97 Å². The van der Waals surface area contributed by atoms with Crippen LogP contribution in [0.3, 0.4) is 0 Å². The van der Waals surface area contributed by atoms with Crippen LogP contribution in [0.4, 0.5) is 17.2 Å². The Kier molecular flexibility index (Phi) is 10.5. The quantitative estimate of drug-likeness (QED) is 0.132. The van der Waals surface area contributed by atoms with Crippen LogP contribution in [0, 0.1) is 0 Å². The molecule has 0 fully saturated rings. The number of amides is 1. The third-order valence-electron chi connectivity index (χ3n) is 7.19. The number of benzene rings is 4. The summed E-state index contributed by atoms with van der Waals surface area (Å²) in [6.45, 7) is 1.64. The molecular formula is C37H38N6O2. The first kappa shape index (κ1) is 31.0. The molecule has 0 saturated heterocycles. The Morgan fingerprint density at radius 1 is 0.778 bits per heavy atom. The number of rotatable bonds is 11. The molecule has 6 aromatic rings. The van der Waals surface area contributed by atoms with Crippen LogP contribution in [-0.4, -0.2) is 49.0 Å². The van der Waals surface area contributed by atoms with Crippen molar-refractivity contribution in [3.05, 3.63) is 127 Å². The standard InChI is InChI=1S/C27H24N4O.C10H14N2O/c1-28-22-14-12-19(13-15-22)16-17-29-26-24-23(20-8-4-2-5-9-20)25(21-10-6-3-7-11-21)32-27(24)31-18-30-26;1-12(2)7-9-4-3-5-10(6-9)11-8-13/h2-15,18,28H,16-17H2,1H3,(H,29,30,31);3-6,8H,7H2,1-2H3,(H,11,13). The molecule has 0 aliphatic rings. The number of furan rings is 1. The van der Waals surface area contributed by atoms with Crippen LogP contribution in [-0.2, 0) is 17.8 Å². The normalized spacial score (nSPS) is 10.7. The van der Waals surface area contributed by atoms with Crippen molar-refractivity contribution < 1.29 is 9.21 Å². The van der Waals surface area contributed by atoms with Gasteiger partial charge in [0.25, 0.3) is 0 Å². The Bertz CT molecular complexity index is 1800. The fourth-order valence-corrected chi connectivity index (χ4v) is 5.10. The smallest absolute Gasteiger partial charge is 0.232 e. The van der Waals surface area contributed by atoms with E-state index in [1.165, 1.54) is 11.1 Å². The second kappa shape index (κ2) is 15.3. The van der Waals surface area contributed by atoms with Gasteiger partial charge in [0.1, 0.15) is 17.9 Å². The molecule has 0 saturated carbocycles. The van der Waals surface area contributed by atoms with Gasteiger partial charge in [-0.05, 0) is 61.5 Å². The second-order valence-electron chi connectivity index (χ2n) is 10.8. The van der Waals surface area contributed by atoms with Gasteiger partial charge >= 0.3 is 0 Å². The van der Waals surface area contributed by atoms with Gasteiger partial charge in [-0.2, -0.15) is 0 Å². The molecule has 6 rings (SSSR count). The molecule has 45 heavy (non-hydrogen) atoms. The minimum atomic E-state index is 0.582. The summed E-state index contributed by atoms with van der Waals surface area (Å²) in [7, 11) is 5.95. The largest absolute Gasteiger partial charge is 0.437 e. The highest BCUT2D eigenvalue weighted by atomic mass is 16.3. The lowest BCUT2D eigenvalue weighted by molar-refractivity contribution is -0.105. The molecule has 4 aromatic carbocycles. The summed E-state index contributed by atoms with van der Waals surface area (Å²) >= 11 is 0. The van der Waals surface area contributed by atoms with Crippen LogP contribution in [0.2, 0.25) is 0 Å². The number of anilines is 3. The van der Waals surface area contributed by atoms with Crippen molar-refractivity contribution in [3.8, 4) is 22.5 Å². The highest BCUT2D eigenvalue weighted by Crippen LogP contribution is 2.42. The van der Waals surface area contributed by atoms with E-state index in [4.69, 9.17) is 4.42 Å². The minimum absolute atomic E-state index is 0.582. The lowest BCUT2D eigenvalue weighted by Crippen LogP contribution is -2.10. The molecule has 2 aromatic heterocycles. The monoisotopic (exact) mass is 598 g/mol. The molecule has 0 radical (unpaired) electrons. The average molecular weight is 599 g/mol. The summed E-state index contributed by atoms with van der Waals surface area (Å²) in [6, 6.07) is 36.7. The van der Waals surface area contributed by atoms with Crippen molar-refractivity contribution in [2.24, 2.45) is 0 Å². The summed E-state index contributed by atoms with van der Waals surface area (Å²) in [5.74, 6) is 1.59. The molecule has 1 amide bonds. The maximum Gasteiger partial charge on any atom is 0.232 e. The Morgan fingerprint density at radius 2 is 1.49 bits per heavy atom. The van der Waals surface area contributed by atoms with Gasteiger partial charge in [-0.3, -0.25) is 4.79 Å². The molecule has 0 aliphatic carbocycles. The number of aromatic nitrogens is 2. The van der Waals surface area contributed by atoms with E-state index in [9.17, 15) is 4.79 Å². The van der Waals surface area contributed by atoms with Crippen LogP contribution in [0.5, 0.6) is 0 Å². The van der Waals surface area contributed by atoms with Crippen LogP contribution in [0.1, 0.15) is 11.1 Å². The van der Waals surface area contributed by atoms with E-state index in [2.05, 4.69) is 79.3 Å². The molecule has 8 heteroatoms. The average Bonchev–Trinajstić information content (AvgIpc) is 3.47. The highest BCUT2D eigenvalue weighted by Gasteiger charge is 2.21. The molecule has 0 aliphatic heterocycles. The second-order valence-corrected chi connectivity index (χ2v) is 10.8. The number of fused-ring (bicyclic) bond motifs is 1. The van der Waals surface area contributed by atoms with Gasteiger partial charge in [0, 0.05) is 42.6 Å². The first-order valence-electron chi connectivity index (χ1n) is 14.9. The fourth-order valence-electron chi connectivity index (χ4n) is 5.10. The fraction of sp³-hybridized carbons (Fsp3) is 0.162. The SMILES string of the molecule is CN(C)Cc1cccc(NC=O)c1.CNc1ccc(CCNc2ncnc3oc(-c4ccccc4)c(-c4ccccc4)c23)cc1. The number of nitrogens with zero attached hydrogens (tertiary/aromatic N) is 3. The summed E-state index contributed by atoms with van der Waals surface area (Å²) in [5.41, 5.74) is 8.09. The summed E-state index contributed by atoms with van der Waals surface area (Å²) in [4.78, 5) is 21.3. The molecule has 0 atom stereocenters. The molecule has 0 unspecified atom stereocenters. The Labute approximate surface area is 264 Å². The van der Waals surface area contributed by atoms with Crippen LogP contribution >= 0.6 is 0 Å². The van der Waals surface area contributed by atoms with E-state index in [1.807, 2.05) is 81.8 Å². The van der Waals surface area contributed by atoms with Crippen LogP contribution in [0.25, 0.3) is 33.6 Å². The minimum Gasteiger partial charge on any atom is -0.437 e. The maximum atomic E-state index is 10.2. The van der Waals surface area contributed by atoms with E-state index in [-0.39, 0.29) is 0 Å². The van der Waals surface area contributed by atoms with E-state index < -0.39 is 0 Å². The zero-order chi connectivity index (χ0) is 31.4. The van der Waals surface area contributed by atoms with E-state index >= 15 is 0 Å². The molecular weight excluding hydrogens is 560 g/mol. The van der Waals surface area contributed by atoms with Gasteiger partial charge in [-0.15, -0.1) is 0 Å². The molecule has 2 heterocycles. The molecule has 0 spiro atoms. The number of hydrogen-bond acceptors (Lipinski definition) is 7. The molecule has 3 N–H and O–H groups in total. The van der Waals surface area contributed by atoms with E-state index in [0.717, 1.165) is 64.5 Å². The van der Waals surface area contributed by atoms with Crippen LogP contribution in [0.15, 0.2) is 120 Å². The Morgan fingerprint density at radius 3 is 2.16 bits per heavy atom. The zero-order valence-electron chi connectivity index (χ0n) is 25.8. The van der Waals surface area contributed by atoms with E-state index in [0.29, 0.717) is 12.1 Å². The van der Waals surface area contributed by atoms with Crippen molar-refractivity contribution >= 4 is 34.7 Å². The number of nitrogens with one attached hydrogen (secondary N) is 3. The van der Waals surface area contributed by atoms with Crippen molar-refractivity contribution in [2.45, 2.75) is 13.0 Å². The first-order valence-corrected chi connectivity index (χ1v) is 14.9. The van der Waals surface area contributed by atoms with Crippen molar-refractivity contribution in [3.63, 3.8) is 0 Å². The third kappa shape index (κ3) is 8.13. The molecule has 8 nitrogen and oxygen atoms in total. The maximum absolute atomic E-state index is 10.2. The van der Waals surface area contributed by atoms with Crippen molar-refractivity contribution in [1.29, 1.82) is 0 Å². The van der Waals surface area contributed by atoms with Gasteiger partial charge in [-0.1, -0.05) is 84.9 Å². The first-order chi connectivity index (χ1) is 22.1. The van der Waals surface area contributed by atoms with Gasteiger partial charge in [0.05, 0.1) is 5.39 Å². The van der Waals surface area contributed by atoms with E-state index in [1.54, 1.807) is 6.33 Å². The lowest BCUT2D eigenvalue weighted by Gasteiger charge is -2.10. The van der Waals surface area contributed by atoms with Crippen molar-refractivity contribution in [1.82, 2.24) is 14.9 Å². The predicted molar refractivity (Wildman–Crippen MR) is 184 cm³/mol. The molecule has 0 bridgehead atoms. The van der Waals surface area contributed by atoms with Crippen LogP contribution < -0.4 is 16.0 Å². The predicted octanol–water partition coefficient (Wildman–Crippen LogP) is 7.57. The summed E-state index contributed by atoms with van der Waals surface area (Å²) in [5, 5.41) is 10.2. The number of carbonyl (C=O) groups excluding carboxylic acids is 1. The van der Waals surface area contributed by atoms with Gasteiger partial charge < -0.3 is 25.3 Å². The van der Waals surface area contributed by atoms with Gasteiger partial charge in [0.2, 0.25) is 12.1 Å².